The van der Waals surface area contributed by atoms with Gasteiger partial charge in [0.25, 0.3) is 0 Å². The van der Waals surface area contributed by atoms with Crippen LogP contribution in [0.25, 0.3) is 6.26 Å². The van der Waals surface area contributed by atoms with Crippen molar-refractivity contribution in [3.8, 4) is 0 Å². The Morgan fingerprint density at radius 2 is 2.14 bits per heavy atom. The largest absolute Gasteiger partial charge is 0.478 e. The Morgan fingerprint density at radius 3 is 3.14 bits per heavy atom. The Kier molecular flexibility index (Phi) is 2.05. The second-order valence-electron chi connectivity index (χ2n) is 3.86. The lowest BCUT2D eigenvalue weighted by Gasteiger charge is -2.00. The molecule has 14 heavy (non-hydrogen) atoms. The van der Waals surface area contributed by atoms with Gasteiger partial charge in [0.15, 0.2) is 6.73 Å². The van der Waals surface area contributed by atoms with Crippen LogP contribution in [-0.2, 0) is 17.6 Å². The predicted octanol–water partition coefficient (Wildman–Crippen LogP) is 1.36. The van der Waals surface area contributed by atoms with Crippen molar-refractivity contribution in [3.05, 3.63) is 20.3 Å². The first-order valence-electron chi connectivity index (χ1n) is 5.22. The molecule has 2 nitrogen and oxygen atoms in total. The monoisotopic (exact) mass is 207 g/mol. The standard InChI is InChI=1S/C11H13NOS/c1-2-4-8-9-6-13-7-12-11(9)14-10(8)5-3-1/h6H,1-5,7H2. The van der Waals surface area contributed by atoms with Gasteiger partial charge in [-0.25, -0.2) is 4.99 Å². The van der Waals surface area contributed by atoms with Gasteiger partial charge in [-0.2, -0.15) is 0 Å². The zero-order valence-corrected chi connectivity index (χ0v) is 8.90. The van der Waals surface area contributed by atoms with Crippen LogP contribution in [0.5, 0.6) is 0 Å². The van der Waals surface area contributed by atoms with Crippen molar-refractivity contribution >= 4 is 17.6 Å². The van der Waals surface area contributed by atoms with Crippen LogP contribution in [0.4, 0.5) is 0 Å². The molecule has 0 amide bonds. The molecule has 2 heterocycles. The minimum absolute atomic E-state index is 0.506. The Bertz CT molecular complexity index is 460. The van der Waals surface area contributed by atoms with Gasteiger partial charge in [-0.1, -0.05) is 6.42 Å². The van der Waals surface area contributed by atoms with E-state index >= 15 is 0 Å². The molecule has 0 fully saturated rings. The summed E-state index contributed by atoms with van der Waals surface area (Å²) in [5, 5.41) is 1.28. The summed E-state index contributed by atoms with van der Waals surface area (Å²) in [5.41, 5.74) is 1.52. The second-order valence-corrected chi connectivity index (χ2v) is 4.94. The molecule has 0 saturated carbocycles. The van der Waals surface area contributed by atoms with E-state index in [4.69, 9.17) is 4.74 Å². The Morgan fingerprint density at radius 1 is 1.21 bits per heavy atom. The Labute approximate surface area is 86.9 Å². The van der Waals surface area contributed by atoms with Crippen LogP contribution in [0.3, 0.4) is 0 Å². The van der Waals surface area contributed by atoms with Gasteiger partial charge in [-0.3, -0.25) is 0 Å². The summed E-state index contributed by atoms with van der Waals surface area (Å²) in [6.45, 7) is 0.506. The lowest BCUT2D eigenvalue weighted by atomic mass is 10.1. The van der Waals surface area contributed by atoms with E-state index in [-0.39, 0.29) is 0 Å². The first kappa shape index (κ1) is 8.48. The molecule has 0 unspecified atom stereocenters. The molecular formula is C11H13NOS. The van der Waals surface area contributed by atoms with Gasteiger partial charge in [0.2, 0.25) is 0 Å². The fourth-order valence-corrected chi connectivity index (χ4v) is 3.42. The van der Waals surface area contributed by atoms with Crippen molar-refractivity contribution < 1.29 is 4.74 Å². The molecule has 1 aromatic heterocycles. The summed E-state index contributed by atoms with van der Waals surface area (Å²) >= 11 is 1.87. The van der Waals surface area contributed by atoms with Crippen LogP contribution < -0.4 is 9.89 Å². The maximum atomic E-state index is 5.28. The first-order chi connectivity index (χ1) is 6.95. The van der Waals surface area contributed by atoms with Gasteiger partial charge in [0, 0.05) is 10.1 Å². The van der Waals surface area contributed by atoms with Crippen molar-refractivity contribution in [3.63, 3.8) is 0 Å². The van der Waals surface area contributed by atoms with Crippen molar-refractivity contribution in [1.29, 1.82) is 0 Å². The van der Waals surface area contributed by atoms with Crippen LogP contribution in [-0.4, -0.2) is 6.73 Å². The lowest BCUT2D eigenvalue weighted by Crippen LogP contribution is -2.26. The number of aryl methyl sites for hydroxylation is 1. The van der Waals surface area contributed by atoms with Crippen LogP contribution >= 0.6 is 11.3 Å². The molecule has 0 saturated heterocycles. The van der Waals surface area contributed by atoms with Gasteiger partial charge in [0.05, 0.1) is 6.26 Å². The van der Waals surface area contributed by atoms with E-state index in [2.05, 4.69) is 4.99 Å². The Hall–Kier alpha value is -0.830. The summed E-state index contributed by atoms with van der Waals surface area (Å²) in [6, 6.07) is 0. The summed E-state index contributed by atoms with van der Waals surface area (Å²) in [7, 11) is 0. The van der Waals surface area contributed by atoms with E-state index in [1.165, 1.54) is 47.6 Å². The van der Waals surface area contributed by atoms with Gasteiger partial charge in [0.1, 0.15) is 4.67 Å². The molecule has 1 aliphatic carbocycles. The molecule has 0 radical (unpaired) electrons. The molecule has 0 bridgehead atoms. The van der Waals surface area contributed by atoms with Crippen LogP contribution in [0.15, 0.2) is 4.99 Å². The highest BCUT2D eigenvalue weighted by Gasteiger charge is 2.14. The van der Waals surface area contributed by atoms with Gasteiger partial charge < -0.3 is 4.74 Å². The second kappa shape index (κ2) is 3.39. The SMILES string of the molecule is C1=c2c3c(sc2=NCO1)CCCCC3. The molecule has 3 heteroatoms. The zero-order valence-electron chi connectivity index (χ0n) is 8.08. The number of fused-ring (bicyclic) bond motifs is 3. The third-order valence-corrected chi connectivity index (χ3v) is 4.17. The van der Waals surface area contributed by atoms with E-state index in [9.17, 15) is 0 Å². The first-order valence-corrected chi connectivity index (χ1v) is 6.03. The number of rotatable bonds is 0. The van der Waals surface area contributed by atoms with Gasteiger partial charge in [-0.05, 0) is 31.2 Å². The molecule has 1 aliphatic heterocycles. The van der Waals surface area contributed by atoms with E-state index < -0.39 is 0 Å². The van der Waals surface area contributed by atoms with E-state index in [1.807, 2.05) is 17.6 Å². The highest BCUT2D eigenvalue weighted by molar-refractivity contribution is 7.09. The molecule has 0 aromatic carbocycles. The molecule has 1 aromatic rings. The van der Waals surface area contributed by atoms with Crippen molar-refractivity contribution in [2.45, 2.75) is 32.1 Å². The summed E-state index contributed by atoms with van der Waals surface area (Å²) in [5.74, 6) is 0. The van der Waals surface area contributed by atoms with E-state index in [0.29, 0.717) is 6.73 Å². The predicted molar refractivity (Wildman–Crippen MR) is 56.8 cm³/mol. The van der Waals surface area contributed by atoms with Crippen LogP contribution in [0.1, 0.15) is 29.7 Å². The number of hydrogen-bond acceptors (Lipinski definition) is 3. The minimum Gasteiger partial charge on any atom is -0.478 e. The van der Waals surface area contributed by atoms with Crippen molar-refractivity contribution in [2.24, 2.45) is 4.99 Å². The molecule has 0 spiro atoms. The molecule has 74 valence electrons. The maximum Gasteiger partial charge on any atom is 0.179 e. The van der Waals surface area contributed by atoms with E-state index in [0.717, 1.165) is 0 Å². The summed E-state index contributed by atoms with van der Waals surface area (Å²) in [4.78, 5) is 5.95. The molecule has 0 N–H and O–H groups in total. The topological polar surface area (TPSA) is 21.6 Å². The summed E-state index contributed by atoms with van der Waals surface area (Å²) in [6.07, 6.45) is 8.40. The molecule has 0 atom stereocenters. The molecule has 3 rings (SSSR count). The average Bonchev–Trinajstić information content (AvgIpc) is 2.42. The minimum atomic E-state index is 0.506. The third-order valence-electron chi connectivity index (χ3n) is 2.93. The summed E-state index contributed by atoms with van der Waals surface area (Å²) < 4.78 is 6.47. The highest BCUT2D eigenvalue weighted by Crippen LogP contribution is 2.20. The number of hydrogen-bond donors (Lipinski definition) is 0. The van der Waals surface area contributed by atoms with Crippen LogP contribution in [0, 0.1) is 0 Å². The van der Waals surface area contributed by atoms with Gasteiger partial charge in [-0.15, -0.1) is 11.3 Å². The number of ether oxygens (including phenoxy) is 1. The zero-order chi connectivity index (χ0) is 9.38. The fourth-order valence-electron chi connectivity index (χ4n) is 2.21. The maximum absolute atomic E-state index is 5.28. The highest BCUT2D eigenvalue weighted by atomic mass is 32.1. The number of thiophene rings is 1. The van der Waals surface area contributed by atoms with Crippen molar-refractivity contribution in [1.82, 2.24) is 0 Å². The number of nitrogens with zero attached hydrogens (tertiary/aromatic N) is 1. The smallest absolute Gasteiger partial charge is 0.179 e. The fraction of sp³-hybridized carbons (Fsp3) is 0.545. The molecular weight excluding hydrogens is 194 g/mol. The van der Waals surface area contributed by atoms with Crippen molar-refractivity contribution in [2.75, 3.05) is 6.73 Å². The quantitative estimate of drug-likeness (QED) is 0.589. The Balaban J connectivity index is 2.23. The third kappa shape index (κ3) is 1.27. The van der Waals surface area contributed by atoms with Crippen LogP contribution in [0.2, 0.25) is 0 Å². The average molecular weight is 207 g/mol. The lowest BCUT2D eigenvalue weighted by molar-refractivity contribution is 0.297. The van der Waals surface area contributed by atoms with E-state index in [1.54, 1.807) is 4.88 Å². The van der Waals surface area contributed by atoms with Gasteiger partial charge >= 0.3 is 0 Å². The molecule has 2 aliphatic rings. The normalized spacial score (nSPS) is 19.4.